The van der Waals surface area contributed by atoms with Gasteiger partial charge in [0.15, 0.2) is 12.4 Å². The van der Waals surface area contributed by atoms with Crippen LogP contribution >= 0.6 is 0 Å². The first-order valence-corrected chi connectivity index (χ1v) is 4.93. The lowest BCUT2D eigenvalue weighted by molar-refractivity contribution is -0.137. The van der Waals surface area contributed by atoms with Crippen LogP contribution in [0.25, 0.3) is 0 Å². The summed E-state index contributed by atoms with van der Waals surface area (Å²) in [4.78, 5) is 22.6. The third-order valence-electron chi connectivity index (χ3n) is 2.06. The lowest BCUT2D eigenvalue weighted by Gasteiger charge is -2.03. The fourth-order valence-electron chi connectivity index (χ4n) is 1.08. The van der Waals surface area contributed by atoms with Crippen LogP contribution in [0.2, 0.25) is 0 Å². The first-order chi connectivity index (χ1) is 7.50. The Morgan fingerprint density at radius 3 is 2.31 bits per heavy atom. The average Bonchev–Trinajstić information content (AvgIpc) is 2.26. The number of esters is 1. The SMILES string of the molecule is C=C(C)C(=O)OCC(=O)c1ccc(C)cc1. The molecule has 1 aromatic rings. The topological polar surface area (TPSA) is 43.4 Å². The molecule has 1 rings (SSSR count). The first kappa shape index (κ1) is 12.2. The van der Waals surface area contributed by atoms with E-state index in [0.717, 1.165) is 5.56 Å². The molecule has 0 unspecified atom stereocenters. The van der Waals surface area contributed by atoms with Gasteiger partial charge in [0.1, 0.15) is 0 Å². The molecule has 1 aromatic carbocycles. The molecule has 0 fully saturated rings. The second-order valence-corrected chi connectivity index (χ2v) is 3.65. The Kier molecular flexibility index (Phi) is 4.00. The number of hydrogen-bond donors (Lipinski definition) is 0. The minimum absolute atomic E-state index is 0.213. The molecule has 0 atom stereocenters. The van der Waals surface area contributed by atoms with Crippen LogP contribution in [0.1, 0.15) is 22.8 Å². The molecule has 0 aromatic heterocycles. The van der Waals surface area contributed by atoms with Crippen LogP contribution < -0.4 is 0 Å². The summed E-state index contributed by atoms with van der Waals surface area (Å²) in [5.74, 6) is -0.755. The quantitative estimate of drug-likeness (QED) is 0.442. The molecular formula is C13H14O3. The fourth-order valence-corrected chi connectivity index (χ4v) is 1.08. The molecule has 0 heterocycles. The summed E-state index contributed by atoms with van der Waals surface area (Å²) in [6.07, 6.45) is 0. The summed E-state index contributed by atoms with van der Waals surface area (Å²) >= 11 is 0. The zero-order chi connectivity index (χ0) is 12.1. The van der Waals surface area contributed by atoms with Crippen molar-refractivity contribution in [3.63, 3.8) is 0 Å². The van der Waals surface area contributed by atoms with Crippen molar-refractivity contribution in [2.75, 3.05) is 6.61 Å². The van der Waals surface area contributed by atoms with Gasteiger partial charge in [0.25, 0.3) is 0 Å². The predicted octanol–water partition coefficient (Wildman–Crippen LogP) is 2.30. The van der Waals surface area contributed by atoms with Gasteiger partial charge in [0.2, 0.25) is 0 Å². The maximum absolute atomic E-state index is 11.6. The van der Waals surface area contributed by atoms with Gasteiger partial charge in [-0.3, -0.25) is 4.79 Å². The number of benzene rings is 1. The molecule has 16 heavy (non-hydrogen) atoms. The maximum atomic E-state index is 11.6. The third kappa shape index (κ3) is 3.35. The van der Waals surface area contributed by atoms with Gasteiger partial charge >= 0.3 is 5.97 Å². The Bertz CT molecular complexity index is 415. The van der Waals surface area contributed by atoms with E-state index in [2.05, 4.69) is 6.58 Å². The van der Waals surface area contributed by atoms with E-state index < -0.39 is 5.97 Å². The summed E-state index contributed by atoms with van der Waals surface area (Å²) in [6.45, 7) is 6.67. The summed E-state index contributed by atoms with van der Waals surface area (Å²) in [5.41, 5.74) is 1.91. The van der Waals surface area contributed by atoms with E-state index in [1.807, 2.05) is 19.1 Å². The standard InChI is InChI=1S/C13H14O3/c1-9(2)13(15)16-8-12(14)11-6-4-10(3)5-7-11/h4-7H,1,8H2,2-3H3. The zero-order valence-corrected chi connectivity index (χ0v) is 9.45. The van der Waals surface area contributed by atoms with E-state index in [1.54, 1.807) is 19.1 Å². The van der Waals surface area contributed by atoms with Crippen LogP contribution in [0.5, 0.6) is 0 Å². The molecule has 0 amide bonds. The summed E-state index contributed by atoms with van der Waals surface area (Å²) in [6, 6.07) is 7.11. The molecule has 0 aliphatic carbocycles. The van der Waals surface area contributed by atoms with Gasteiger partial charge in [-0.2, -0.15) is 0 Å². The molecule has 0 bridgehead atoms. The predicted molar refractivity (Wildman–Crippen MR) is 61.3 cm³/mol. The van der Waals surface area contributed by atoms with Crippen molar-refractivity contribution >= 4 is 11.8 Å². The Hall–Kier alpha value is -1.90. The minimum Gasteiger partial charge on any atom is -0.454 e. The third-order valence-corrected chi connectivity index (χ3v) is 2.06. The van der Waals surface area contributed by atoms with Crippen molar-refractivity contribution in [1.29, 1.82) is 0 Å². The lowest BCUT2D eigenvalue weighted by Crippen LogP contribution is -2.14. The molecule has 0 aliphatic rings. The zero-order valence-electron chi connectivity index (χ0n) is 9.45. The molecule has 0 radical (unpaired) electrons. The van der Waals surface area contributed by atoms with Crippen LogP contribution in [0, 0.1) is 6.92 Å². The molecule has 0 saturated carbocycles. The van der Waals surface area contributed by atoms with Crippen molar-refractivity contribution in [3.05, 3.63) is 47.5 Å². The van der Waals surface area contributed by atoms with Crippen molar-refractivity contribution < 1.29 is 14.3 Å². The van der Waals surface area contributed by atoms with E-state index in [1.165, 1.54) is 0 Å². The van der Waals surface area contributed by atoms with Crippen LogP contribution in [0.3, 0.4) is 0 Å². The van der Waals surface area contributed by atoms with E-state index in [4.69, 9.17) is 4.74 Å². The Morgan fingerprint density at radius 1 is 1.25 bits per heavy atom. The first-order valence-electron chi connectivity index (χ1n) is 4.93. The number of carbonyl (C=O) groups is 2. The van der Waals surface area contributed by atoms with Gasteiger partial charge < -0.3 is 4.74 Å². The smallest absolute Gasteiger partial charge is 0.333 e. The highest BCUT2D eigenvalue weighted by Gasteiger charge is 2.09. The van der Waals surface area contributed by atoms with Gasteiger partial charge in [-0.15, -0.1) is 0 Å². The van der Waals surface area contributed by atoms with Gasteiger partial charge in [-0.25, -0.2) is 4.79 Å². The number of ether oxygens (including phenoxy) is 1. The van der Waals surface area contributed by atoms with Gasteiger partial charge in [0, 0.05) is 11.1 Å². The summed E-state index contributed by atoms with van der Waals surface area (Å²) < 4.78 is 4.76. The van der Waals surface area contributed by atoms with Crippen LogP contribution in [-0.2, 0) is 9.53 Å². The van der Waals surface area contributed by atoms with E-state index in [9.17, 15) is 9.59 Å². The van der Waals surface area contributed by atoms with Crippen molar-refractivity contribution in [1.82, 2.24) is 0 Å². The fraction of sp³-hybridized carbons (Fsp3) is 0.231. The van der Waals surface area contributed by atoms with Gasteiger partial charge in [-0.05, 0) is 13.8 Å². The van der Waals surface area contributed by atoms with E-state index in [-0.39, 0.29) is 18.0 Å². The van der Waals surface area contributed by atoms with E-state index in [0.29, 0.717) is 5.56 Å². The number of rotatable bonds is 4. The Morgan fingerprint density at radius 2 is 1.81 bits per heavy atom. The normalized spacial score (nSPS) is 9.62. The highest BCUT2D eigenvalue weighted by molar-refractivity contribution is 5.99. The van der Waals surface area contributed by atoms with Crippen LogP contribution in [0.15, 0.2) is 36.4 Å². The number of ketones is 1. The summed E-state index contributed by atoms with van der Waals surface area (Å²) in [5, 5.41) is 0. The molecular weight excluding hydrogens is 204 g/mol. The molecule has 0 saturated heterocycles. The molecule has 0 spiro atoms. The van der Waals surface area contributed by atoms with Gasteiger partial charge in [-0.1, -0.05) is 36.4 Å². The van der Waals surface area contributed by atoms with Crippen molar-refractivity contribution in [3.8, 4) is 0 Å². The Balaban J connectivity index is 2.56. The molecule has 0 N–H and O–H groups in total. The minimum atomic E-state index is -0.541. The molecule has 0 aliphatic heterocycles. The molecule has 3 heteroatoms. The van der Waals surface area contributed by atoms with Crippen molar-refractivity contribution in [2.45, 2.75) is 13.8 Å². The maximum Gasteiger partial charge on any atom is 0.333 e. The number of hydrogen-bond acceptors (Lipinski definition) is 3. The highest BCUT2D eigenvalue weighted by atomic mass is 16.5. The van der Waals surface area contributed by atoms with Crippen LogP contribution in [0.4, 0.5) is 0 Å². The van der Waals surface area contributed by atoms with E-state index >= 15 is 0 Å². The second-order valence-electron chi connectivity index (χ2n) is 3.65. The number of aryl methyl sites for hydroxylation is 1. The number of carbonyl (C=O) groups excluding carboxylic acids is 2. The average molecular weight is 218 g/mol. The molecule has 84 valence electrons. The number of Topliss-reactive ketones (excluding diaryl/α,β-unsaturated/α-hetero) is 1. The van der Waals surface area contributed by atoms with Gasteiger partial charge in [0.05, 0.1) is 0 Å². The molecule has 3 nitrogen and oxygen atoms in total. The van der Waals surface area contributed by atoms with Crippen molar-refractivity contribution in [2.24, 2.45) is 0 Å². The Labute approximate surface area is 94.7 Å². The highest BCUT2D eigenvalue weighted by Crippen LogP contribution is 2.04. The van der Waals surface area contributed by atoms with Crippen LogP contribution in [-0.4, -0.2) is 18.4 Å². The summed E-state index contributed by atoms with van der Waals surface area (Å²) in [7, 11) is 0. The monoisotopic (exact) mass is 218 g/mol. The largest absolute Gasteiger partial charge is 0.454 e. The second kappa shape index (κ2) is 5.26. The lowest BCUT2D eigenvalue weighted by atomic mass is 10.1.